The molecule has 0 aliphatic carbocycles. The molecule has 0 spiro atoms. The third-order valence-corrected chi connectivity index (χ3v) is 14.2. The molecule has 62 heavy (non-hydrogen) atoms. The van der Waals surface area contributed by atoms with Gasteiger partial charge in [0, 0.05) is 14.7 Å². The maximum Gasteiger partial charge on any atom is 0.491 e. The van der Waals surface area contributed by atoms with Gasteiger partial charge in [-0.05, 0) is 113 Å². The lowest BCUT2D eigenvalue weighted by atomic mass is 9.93. The zero-order valence-electron chi connectivity index (χ0n) is 33.4. The SMILES string of the molecule is O=C(OS(c1ccccc1)(c1c(-c2ccccc2)cc(-c2ccccc2)cc1-c1ccccc1)c1c(-c2ccccc2)cc(-c2ccccc2)cc1-c1ccccc1)C(F)(F)F. The summed E-state index contributed by atoms with van der Waals surface area (Å²) in [6.07, 6.45) is -5.35. The quantitative estimate of drug-likeness (QED) is 0.137. The van der Waals surface area contributed by atoms with Crippen LogP contribution < -0.4 is 0 Å². The second kappa shape index (κ2) is 17.3. The maximum atomic E-state index is 15.3. The summed E-state index contributed by atoms with van der Waals surface area (Å²) in [5.74, 6) is -2.29. The van der Waals surface area contributed by atoms with E-state index in [-0.39, 0.29) is 0 Å². The Labute approximate surface area is 361 Å². The summed E-state index contributed by atoms with van der Waals surface area (Å²) in [6.45, 7) is 0. The fourth-order valence-corrected chi connectivity index (χ4v) is 11.8. The van der Waals surface area contributed by atoms with E-state index in [9.17, 15) is 4.79 Å². The number of hydrogen-bond acceptors (Lipinski definition) is 2. The van der Waals surface area contributed by atoms with Crippen LogP contribution in [-0.4, -0.2) is 12.1 Å². The predicted octanol–water partition coefficient (Wildman–Crippen LogP) is 16.0. The number of hydrogen-bond donors (Lipinski definition) is 0. The molecular weight excluding hydrogens is 794 g/mol. The Morgan fingerprint density at radius 1 is 0.339 bits per heavy atom. The number of carbonyl (C=O) groups is 1. The fraction of sp³-hybridized carbons (Fsp3) is 0.0179. The van der Waals surface area contributed by atoms with Gasteiger partial charge < -0.3 is 4.18 Å². The van der Waals surface area contributed by atoms with Crippen molar-refractivity contribution < 1.29 is 22.1 Å². The summed E-state index contributed by atoms with van der Waals surface area (Å²) < 4.78 is 52.6. The van der Waals surface area contributed by atoms with Gasteiger partial charge in [0.25, 0.3) is 0 Å². The minimum absolute atomic E-state index is 0.418. The first-order valence-electron chi connectivity index (χ1n) is 20.2. The van der Waals surface area contributed by atoms with Crippen LogP contribution in [0.15, 0.2) is 251 Å². The molecule has 0 aromatic heterocycles. The molecule has 2 nitrogen and oxygen atoms in total. The Morgan fingerprint density at radius 3 is 0.839 bits per heavy atom. The summed E-state index contributed by atoms with van der Waals surface area (Å²) in [4.78, 5) is 15.6. The molecule has 0 saturated carbocycles. The Balaban J connectivity index is 1.57. The van der Waals surface area contributed by atoms with Gasteiger partial charge in [0.15, 0.2) is 0 Å². The summed E-state index contributed by atoms with van der Waals surface area (Å²) in [5.41, 5.74) is 9.04. The van der Waals surface area contributed by atoms with E-state index in [0.717, 1.165) is 44.5 Å². The third kappa shape index (κ3) is 7.84. The van der Waals surface area contributed by atoms with Crippen molar-refractivity contribution in [2.45, 2.75) is 20.9 Å². The van der Waals surface area contributed by atoms with Gasteiger partial charge in [-0.2, -0.15) is 13.2 Å². The summed E-state index contributed by atoms with van der Waals surface area (Å²) in [5, 5.41) is 0. The number of rotatable bonds is 10. The molecule has 0 aliphatic heterocycles. The van der Waals surface area contributed by atoms with Crippen molar-refractivity contribution in [1.29, 1.82) is 0 Å². The Kier molecular flexibility index (Phi) is 11.2. The lowest BCUT2D eigenvalue weighted by Gasteiger charge is -2.44. The Hall–Kier alpha value is -7.41. The van der Waals surface area contributed by atoms with Crippen LogP contribution in [-0.2, 0) is 8.98 Å². The summed E-state index contributed by atoms with van der Waals surface area (Å²) in [6, 6.07) is 75.5. The van der Waals surface area contributed by atoms with Gasteiger partial charge in [0.05, 0.1) is 0 Å². The average molecular weight is 833 g/mol. The molecular formula is C56H39F3O2S. The molecule has 0 heterocycles. The lowest BCUT2D eigenvalue weighted by Crippen LogP contribution is -2.28. The highest BCUT2D eigenvalue weighted by Crippen LogP contribution is 2.76. The van der Waals surface area contributed by atoms with Crippen molar-refractivity contribution in [3.05, 3.63) is 237 Å². The van der Waals surface area contributed by atoms with Gasteiger partial charge in [0.2, 0.25) is 0 Å². The van der Waals surface area contributed by atoms with Crippen LogP contribution in [0.3, 0.4) is 0 Å². The molecule has 0 N–H and O–H groups in total. The number of benzene rings is 9. The van der Waals surface area contributed by atoms with E-state index in [1.54, 1.807) is 24.3 Å². The number of halogens is 3. The van der Waals surface area contributed by atoms with Crippen LogP contribution in [0, 0.1) is 0 Å². The van der Waals surface area contributed by atoms with Crippen molar-refractivity contribution in [1.82, 2.24) is 0 Å². The van der Waals surface area contributed by atoms with Gasteiger partial charge >= 0.3 is 12.1 Å². The molecule has 0 bridgehead atoms. The smallest absolute Gasteiger partial charge is 0.395 e. The van der Waals surface area contributed by atoms with Gasteiger partial charge in [0.1, 0.15) is 0 Å². The highest BCUT2D eigenvalue weighted by molar-refractivity contribution is 8.30. The van der Waals surface area contributed by atoms with E-state index in [1.807, 2.05) is 212 Å². The van der Waals surface area contributed by atoms with E-state index in [1.165, 1.54) is 0 Å². The van der Waals surface area contributed by atoms with Gasteiger partial charge in [-0.3, -0.25) is 0 Å². The minimum Gasteiger partial charge on any atom is -0.395 e. The highest BCUT2D eigenvalue weighted by atomic mass is 32.3. The Morgan fingerprint density at radius 2 is 0.581 bits per heavy atom. The summed E-state index contributed by atoms with van der Waals surface area (Å²) in [7, 11) is -3.80. The second-order valence-electron chi connectivity index (χ2n) is 14.7. The molecule has 9 rings (SSSR count). The normalized spacial score (nSPS) is 11.8. The van der Waals surface area contributed by atoms with Gasteiger partial charge in [-0.25, -0.2) is 4.79 Å². The molecule has 0 radical (unpaired) electrons. The van der Waals surface area contributed by atoms with Crippen molar-refractivity contribution in [2.24, 2.45) is 0 Å². The molecule has 0 aliphatic rings. The van der Waals surface area contributed by atoms with Crippen LogP contribution >= 0.6 is 10.3 Å². The van der Waals surface area contributed by atoms with Crippen LogP contribution in [0.5, 0.6) is 0 Å². The van der Waals surface area contributed by atoms with Crippen LogP contribution in [0.2, 0.25) is 0 Å². The first-order valence-corrected chi connectivity index (χ1v) is 21.7. The minimum atomic E-state index is -5.35. The predicted molar refractivity (Wildman–Crippen MR) is 246 cm³/mol. The van der Waals surface area contributed by atoms with E-state index in [2.05, 4.69) is 0 Å². The summed E-state index contributed by atoms with van der Waals surface area (Å²) >= 11 is 0. The van der Waals surface area contributed by atoms with Gasteiger partial charge in [-0.15, -0.1) is 0 Å². The molecule has 0 unspecified atom stereocenters. The number of carbonyl (C=O) groups excluding carboxylic acids is 1. The zero-order chi connectivity index (χ0) is 42.5. The molecule has 0 amide bonds. The fourth-order valence-electron chi connectivity index (χ4n) is 8.04. The molecule has 302 valence electrons. The van der Waals surface area contributed by atoms with Crippen molar-refractivity contribution in [3.8, 4) is 66.8 Å². The second-order valence-corrected chi connectivity index (χ2v) is 17.3. The topological polar surface area (TPSA) is 26.3 Å². The molecule has 0 saturated heterocycles. The first kappa shape index (κ1) is 40.0. The van der Waals surface area contributed by atoms with Crippen LogP contribution in [0.4, 0.5) is 13.2 Å². The third-order valence-electron chi connectivity index (χ3n) is 10.8. The highest BCUT2D eigenvalue weighted by Gasteiger charge is 2.50. The van der Waals surface area contributed by atoms with E-state index in [0.29, 0.717) is 36.9 Å². The molecule has 6 heteroatoms. The maximum absolute atomic E-state index is 15.3. The van der Waals surface area contributed by atoms with Crippen molar-refractivity contribution in [3.63, 3.8) is 0 Å². The molecule has 0 fully saturated rings. The first-order chi connectivity index (χ1) is 30.3. The zero-order valence-corrected chi connectivity index (χ0v) is 34.2. The standard InChI is InChI=1S/C56H39F3O2S/c57-56(58,59)55(60)61-62(48-34-20-7-21-35-48,53-49(42-26-12-3-13-27-42)36-46(40-22-8-1-9-23-40)37-50(53)43-28-14-4-15-29-43)54-51(44-30-16-5-17-31-44)38-47(41-24-10-2-11-25-41)39-52(54)45-32-18-6-19-33-45/h1-39H. The van der Waals surface area contributed by atoms with Gasteiger partial charge in [-0.1, -0.05) is 200 Å². The molecule has 9 aromatic rings. The number of alkyl halides is 3. The molecule has 0 atom stereocenters. The van der Waals surface area contributed by atoms with Crippen molar-refractivity contribution in [2.75, 3.05) is 0 Å². The van der Waals surface area contributed by atoms with E-state index in [4.69, 9.17) is 4.18 Å². The Bertz CT molecular complexity index is 2650. The van der Waals surface area contributed by atoms with Crippen molar-refractivity contribution >= 4 is 16.3 Å². The van der Waals surface area contributed by atoms with Crippen LogP contribution in [0.1, 0.15) is 0 Å². The largest absolute Gasteiger partial charge is 0.491 e. The lowest BCUT2D eigenvalue weighted by molar-refractivity contribution is -0.188. The van der Waals surface area contributed by atoms with E-state index < -0.39 is 22.5 Å². The van der Waals surface area contributed by atoms with Crippen LogP contribution in [0.25, 0.3) is 66.8 Å². The molecule has 9 aromatic carbocycles. The monoisotopic (exact) mass is 832 g/mol. The van der Waals surface area contributed by atoms with E-state index >= 15 is 13.2 Å². The average Bonchev–Trinajstić information content (AvgIpc) is 3.34.